The Labute approximate surface area is 133 Å². The molecule has 0 saturated heterocycles. The molecule has 3 rings (SSSR count). The van der Waals surface area contributed by atoms with Crippen LogP contribution in [0.1, 0.15) is 0 Å². The number of benzene rings is 1. The van der Waals surface area contributed by atoms with Crippen molar-refractivity contribution in [3.8, 4) is 5.88 Å². The average Bonchev–Trinajstić information content (AvgIpc) is 2.95. The summed E-state index contributed by atoms with van der Waals surface area (Å²) in [4.78, 5) is 7.98. The van der Waals surface area contributed by atoms with Crippen LogP contribution in [0.2, 0.25) is 10.0 Å². The fourth-order valence-electron chi connectivity index (χ4n) is 1.75. The van der Waals surface area contributed by atoms with E-state index in [2.05, 4.69) is 24.0 Å². The van der Waals surface area contributed by atoms with E-state index in [1.54, 1.807) is 6.07 Å². The average molecular weight is 343 g/mol. The van der Waals surface area contributed by atoms with Gasteiger partial charge in [-0.3, -0.25) is 0 Å². The molecule has 21 heavy (non-hydrogen) atoms. The predicted octanol–water partition coefficient (Wildman–Crippen LogP) is 3.84. The zero-order valence-corrected chi connectivity index (χ0v) is 12.9. The van der Waals surface area contributed by atoms with E-state index in [0.717, 1.165) is 11.4 Å². The maximum atomic E-state index is 6.22. The summed E-state index contributed by atoms with van der Waals surface area (Å²) in [5, 5.41) is 3.85. The first-order valence-corrected chi connectivity index (χ1v) is 7.12. The van der Waals surface area contributed by atoms with E-state index in [0.29, 0.717) is 32.9 Å². The first-order chi connectivity index (χ1) is 10.1. The molecule has 1 aromatic carbocycles. The van der Waals surface area contributed by atoms with Gasteiger partial charge in [-0.25, -0.2) is 4.98 Å². The summed E-state index contributed by atoms with van der Waals surface area (Å²) in [5.41, 5.74) is 7.83. The van der Waals surface area contributed by atoms with Crippen molar-refractivity contribution in [2.24, 2.45) is 8.73 Å². The molecule has 2 heterocycles. The van der Waals surface area contributed by atoms with E-state index in [1.165, 1.54) is 13.4 Å². The first-order valence-electron chi connectivity index (χ1n) is 5.63. The van der Waals surface area contributed by atoms with E-state index in [4.69, 9.17) is 33.7 Å². The predicted molar refractivity (Wildman–Crippen MR) is 84.3 cm³/mol. The van der Waals surface area contributed by atoms with Gasteiger partial charge >= 0.3 is 0 Å². The van der Waals surface area contributed by atoms with Gasteiger partial charge < -0.3 is 15.8 Å². The Morgan fingerprint density at radius 2 is 1.95 bits per heavy atom. The molecule has 1 aliphatic heterocycles. The number of nitrogens with one attached hydrogen (secondary N) is 1. The summed E-state index contributed by atoms with van der Waals surface area (Å²) in [6, 6.07) is 1.59. The molecular weight excluding hydrogens is 335 g/mol. The maximum Gasteiger partial charge on any atom is 0.242 e. The van der Waals surface area contributed by atoms with Gasteiger partial charge in [0.05, 0.1) is 34.2 Å². The molecular formula is C11H8Cl2N6OS. The summed E-state index contributed by atoms with van der Waals surface area (Å²) >= 11 is 13.3. The van der Waals surface area contributed by atoms with E-state index >= 15 is 0 Å². The standard InChI is InChI=1S/C11H8Cl2N6OS/c1-20-11-6(14)10(15-3-16-11)17-7-4(12)2-5(13)8-9(7)19-21-18-8/h2-3H,14H2,1H3,(H,15,16,17). The summed E-state index contributed by atoms with van der Waals surface area (Å²) in [7, 11) is 1.47. The van der Waals surface area contributed by atoms with Crippen LogP contribution in [0.15, 0.2) is 21.1 Å². The minimum atomic E-state index is 0.266. The largest absolute Gasteiger partial charge is 0.479 e. The fraction of sp³-hybridized carbons (Fsp3) is 0.0909. The maximum absolute atomic E-state index is 6.22. The molecule has 0 bridgehead atoms. The Bertz CT molecular complexity index is 806. The molecule has 108 valence electrons. The van der Waals surface area contributed by atoms with Gasteiger partial charge in [0.25, 0.3) is 0 Å². The van der Waals surface area contributed by atoms with Gasteiger partial charge in [0, 0.05) is 0 Å². The minimum absolute atomic E-state index is 0.266. The highest BCUT2D eigenvalue weighted by atomic mass is 35.5. The van der Waals surface area contributed by atoms with Crippen molar-refractivity contribution in [3.05, 3.63) is 22.4 Å². The van der Waals surface area contributed by atoms with Crippen LogP contribution in [0.5, 0.6) is 5.88 Å². The van der Waals surface area contributed by atoms with E-state index in [-0.39, 0.29) is 11.6 Å². The van der Waals surface area contributed by atoms with Crippen molar-refractivity contribution in [1.82, 2.24) is 9.97 Å². The molecule has 1 aliphatic rings. The lowest BCUT2D eigenvalue weighted by molar-refractivity contribution is 0.399. The number of aromatic nitrogens is 2. The number of nitrogen functional groups attached to an aromatic ring is 1. The molecule has 0 radical (unpaired) electrons. The number of anilines is 3. The molecule has 1 aromatic heterocycles. The highest BCUT2D eigenvalue weighted by Gasteiger charge is 2.20. The van der Waals surface area contributed by atoms with Gasteiger partial charge in [-0.05, 0) is 6.07 Å². The molecule has 0 spiro atoms. The van der Waals surface area contributed by atoms with E-state index in [1.807, 2.05) is 0 Å². The van der Waals surface area contributed by atoms with Crippen molar-refractivity contribution in [2.75, 3.05) is 18.2 Å². The van der Waals surface area contributed by atoms with Crippen LogP contribution in [0.25, 0.3) is 0 Å². The molecule has 0 amide bonds. The lowest BCUT2D eigenvalue weighted by Gasteiger charge is -2.13. The number of methoxy groups -OCH3 is 1. The highest BCUT2D eigenvalue weighted by molar-refractivity contribution is 7.58. The third-order valence-corrected chi connectivity index (χ3v) is 3.84. The van der Waals surface area contributed by atoms with Crippen molar-refractivity contribution in [1.29, 1.82) is 0 Å². The molecule has 0 atom stereocenters. The molecule has 0 unspecified atom stereocenters. The Kier molecular flexibility index (Phi) is 3.66. The Morgan fingerprint density at radius 1 is 1.19 bits per heavy atom. The van der Waals surface area contributed by atoms with Crippen LogP contribution in [0.3, 0.4) is 0 Å². The molecule has 10 heteroatoms. The third-order valence-electron chi connectivity index (χ3n) is 2.73. The lowest BCUT2D eigenvalue weighted by atomic mass is 10.2. The topological polar surface area (TPSA) is 97.8 Å². The van der Waals surface area contributed by atoms with Crippen LogP contribution in [-0.2, 0) is 11.4 Å². The zero-order valence-electron chi connectivity index (χ0n) is 10.6. The van der Waals surface area contributed by atoms with Crippen LogP contribution in [0, 0.1) is 0 Å². The van der Waals surface area contributed by atoms with Crippen LogP contribution in [-0.4, -0.2) is 17.1 Å². The number of halogens is 2. The van der Waals surface area contributed by atoms with Crippen LogP contribution >= 0.6 is 23.2 Å². The second-order valence-corrected chi connectivity index (χ2v) is 5.29. The number of ether oxygens (including phenoxy) is 1. The van der Waals surface area contributed by atoms with Crippen LogP contribution in [0.4, 0.5) is 28.6 Å². The van der Waals surface area contributed by atoms with Gasteiger partial charge in [0.1, 0.15) is 23.4 Å². The number of nitrogens with zero attached hydrogens (tertiary/aromatic N) is 4. The molecule has 0 saturated carbocycles. The van der Waals surface area contributed by atoms with Gasteiger partial charge in [-0.2, -0.15) is 13.7 Å². The van der Waals surface area contributed by atoms with Crippen molar-refractivity contribution in [2.45, 2.75) is 0 Å². The van der Waals surface area contributed by atoms with Gasteiger partial charge in [-0.1, -0.05) is 23.2 Å². The molecule has 0 fully saturated rings. The second kappa shape index (κ2) is 5.47. The van der Waals surface area contributed by atoms with Crippen molar-refractivity contribution < 1.29 is 4.74 Å². The summed E-state index contributed by atoms with van der Waals surface area (Å²) in [6.45, 7) is 0. The molecule has 0 aliphatic carbocycles. The summed E-state index contributed by atoms with van der Waals surface area (Å²) in [6.07, 6.45) is 1.33. The van der Waals surface area contributed by atoms with Gasteiger partial charge in [0.2, 0.25) is 5.88 Å². The molecule has 2 aromatic rings. The van der Waals surface area contributed by atoms with Crippen molar-refractivity contribution >= 4 is 63.1 Å². The summed E-state index contributed by atoms with van der Waals surface area (Å²) in [5.74, 6) is 0.630. The first kappa shape index (κ1) is 14.1. The second-order valence-electron chi connectivity index (χ2n) is 3.95. The highest BCUT2D eigenvalue weighted by Crippen LogP contribution is 2.48. The van der Waals surface area contributed by atoms with Gasteiger partial charge in [-0.15, -0.1) is 0 Å². The van der Waals surface area contributed by atoms with Gasteiger partial charge in [0.15, 0.2) is 5.82 Å². The Hall–Kier alpha value is -1.90. The normalized spacial score (nSPS) is 12.0. The monoisotopic (exact) mass is 342 g/mol. The minimum Gasteiger partial charge on any atom is -0.479 e. The third kappa shape index (κ3) is 2.41. The number of rotatable bonds is 3. The smallest absolute Gasteiger partial charge is 0.242 e. The fourth-order valence-corrected chi connectivity index (χ4v) is 2.91. The molecule has 3 N–H and O–H groups in total. The number of fused-ring (bicyclic) bond motifs is 1. The van der Waals surface area contributed by atoms with E-state index in [9.17, 15) is 0 Å². The van der Waals surface area contributed by atoms with Crippen molar-refractivity contribution in [3.63, 3.8) is 0 Å². The number of hydrogen-bond donors (Lipinski definition) is 2. The SMILES string of the molecule is COc1ncnc(Nc2c(Cl)cc(Cl)c3c2N=S=N3)c1N. The van der Waals surface area contributed by atoms with E-state index < -0.39 is 0 Å². The summed E-state index contributed by atoms with van der Waals surface area (Å²) < 4.78 is 13.4. The Morgan fingerprint density at radius 3 is 2.71 bits per heavy atom. The number of nitrogens with two attached hydrogens (primary N) is 1. The zero-order chi connectivity index (χ0) is 15.0. The quantitative estimate of drug-likeness (QED) is 0.753. The number of hydrogen-bond acceptors (Lipinski definition) is 7. The Balaban J connectivity index is 2.08. The van der Waals surface area contributed by atoms with Crippen LogP contribution < -0.4 is 15.8 Å². The molecule has 7 nitrogen and oxygen atoms in total. The lowest BCUT2D eigenvalue weighted by Crippen LogP contribution is -2.03.